The summed E-state index contributed by atoms with van der Waals surface area (Å²) in [5, 5.41) is 11.9. The summed E-state index contributed by atoms with van der Waals surface area (Å²) < 4.78 is 1.55. The van der Waals surface area contributed by atoms with E-state index < -0.39 is 6.23 Å². The number of aromatic nitrogens is 1. The van der Waals surface area contributed by atoms with E-state index in [-0.39, 0.29) is 5.91 Å². The van der Waals surface area contributed by atoms with Crippen LogP contribution >= 0.6 is 0 Å². The number of nitrogens with one attached hydrogen (secondary N) is 1. The fraction of sp³-hybridized carbons (Fsp3) is 0.286. The van der Waals surface area contributed by atoms with Gasteiger partial charge in [0.25, 0.3) is 5.91 Å². The highest BCUT2D eigenvalue weighted by Gasteiger charge is 2.21. The van der Waals surface area contributed by atoms with E-state index in [0.717, 1.165) is 0 Å². The zero-order valence-electron chi connectivity index (χ0n) is 5.82. The zero-order chi connectivity index (χ0) is 7.84. The van der Waals surface area contributed by atoms with Gasteiger partial charge in [0.15, 0.2) is 0 Å². The van der Waals surface area contributed by atoms with Crippen LogP contribution in [0.25, 0.3) is 0 Å². The molecular weight excluding hydrogens is 144 g/mol. The summed E-state index contributed by atoms with van der Waals surface area (Å²) in [6, 6.07) is 3.42. The fourth-order valence-corrected chi connectivity index (χ4v) is 1.22. The van der Waals surface area contributed by atoms with Gasteiger partial charge in [0.05, 0.1) is 6.54 Å². The maximum atomic E-state index is 11.0. The van der Waals surface area contributed by atoms with Gasteiger partial charge in [0, 0.05) is 6.20 Å². The van der Waals surface area contributed by atoms with Crippen molar-refractivity contribution < 1.29 is 9.90 Å². The van der Waals surface area contributed by atoms with Crippen LogP contribution in [0.5, 0.6) is 0 Å². The minimum Gasteiger partial charge on any atom is -0.371 e. The molecule has 0 aromatic carbocycles. The van der Waals surface area contributed by atoms with Crippen LogP contribution in [0.4, 0.5) is 0 Å². The molecule has 0 fully saturated rings. The smallest absolute Gasteiger partial charge is 0.268 e. The average molecular weight is 152 g/mol. The van der Waals surface area contributed by atoms with E-state index in [4.69, 9.17) is 0 Å². The van der Waals surface area contributed by atoms with Crippen molar-refractivity contribution in [3.63, 3.8) is 0 Å². The Morgan fingerprint density at radius 3 is 3.27 bits per heavy atom. The number of nitrogens with zero attached hydrogens (tertiary/aromatic N) is 1. The van der Waals surface area contributed by atoms with Crippen LogP contribution in [-0.2, 0) is 0 Å². The number of rotatable bonds is 0. The van der Waals surface area contributed by atoms with E-state index >= 15 is 0 Å². The van der Waals surface area contributed by atoms with E-state index in [9.17, 15) is 9.90 Å². The number of aliphatic hydroxyl groups excluding tert-OH is 1. The highest BCUT2D eigenvalue weighted by molar-refractivity contribution is 5.93. The first-order valence-corrected chi connectivity index (χ1v) is 3.42. The van der Waals surface area contributed by atoms with Crippen molar-refractivity contribution in [2.75, 3.05) is 6.54 Å². The number of hydrogen-bond donors (Lipinski definition) is 2. The lowest BCUT2D eigenvalue weighted by molar-refractivity contribution is 0.0664. The quantitative estimate of drug-likeness (QED) is 0.537. The Balaban J connectivity index is 2.51. The number of aliphatic hydroxyl groups is 1. The van der Waals surface area contributed by atoms with Gasteiger partial charge in [-0.05, 0) is 12.1 Å². The van der Waals surface area contributed by atoms with E-state index in [1.165, 1.54) is 0 Å². The maximum Gasteiger partial charge on any atom is 0.268 e. The molecule has 4 heteroatoms. The molecule has 0 saturated heterocycles. The van der Waals surface area contributed by atoms with Gasteiger partial charge in [-0.1, -0.05) is 0 Å². The van der Waals surface area contributed by atoms with Gasteiger partial charge in [0.2, 0.25) is 0 Å². The van der Waals surface area contributed by atoms with Crippen LogP contribution in [0.2, 0.25) is 0 Å². The molecule has 1 atom stereocenters. The summed E-state index contributed by atoms with van der Waals surface area (Å²) in [5.41, 5.74) is 0.517. The summed E-state index contributed by atoms with van der Waals surface area (Å²) in [6.45, 7) is 0.292. The summed E-state index contributed by atoms with van der Waals surface area (Å²) in [4.78, 5) is 11.0. The van der Waals surface area contributed by atoms with Crippen LogP contribution in [-0.4, -0.2) is 22.1 Å². The SMILES string of the molecule is O=C1NCC(O)n2cccc21. The van der Waals surface area contributed by atoms with Gasteiger partial charge in [-0.3, -0.25) is 4.79 Å². The van der Waals surface area contributed by atoms with E-state index in [2.05, 4.69) is 5.32 Å². The second-order valence-corrected chi connectivity index (χ2v) is 2.49. The zero-order valence-corrected chi connectivity index (χ0v) is 5.82. The molecule has 1 aliphatic rings. The maximum absolute atomic E-state index is 11.0. The second-order valence-electron chi connectivity index (χ2n) is 2.49. The third kappa shape index (κ3) is 0.832. The first-order chi connectivity index (χ1) is 5.29. The lowest BCUT2D eigenvalue weighted by Gasteiger charge is -2.21. The van der Waals surface area contributed by atoms with Gasteiger partial charge in [-0.25, -0.2) is 0 Å². The first kappa shape index (κ1) is 6.42. The Kier molecular flexibility index (Phi) is 1.22. The van der Waals surface area contributed by atoms with E-state index in [1.807, 2.05) is 0 Å². The van der Waals surface area contributed by atoms with Crippen molar-refractivity contribution in [3.8, 4) is 0 Å². The minimum atomic E-state index is -0.613. The molecule has 1 amide bonds. The minimum absolute atomic E-state index is 0.125. The van der Waals surface area contributed by atoms with Crippen molar-refractivity contribution in [1.82, 2.24) is 9.88 Å². The number of fused-ring (bicyclic) bond motifs is 1. The van der Waals surface area contributed by atoms with E-state index in [1.54, 1.807) is 22.9 Å². The molecule has 2 N–H and O–H groups in total. The van der Waals surface area contributed by atoms with E-state index in [0.29, 0.717) is 12.2 Å². The molecule has 2 rings (SSSR count). The topological polar surface area (TPSA) is 54.3 Å². The number of β-amino-alcohol motifs (C(OH)–C–C–N with tert-alkyl or cyclic N) is 1. The van der Waals surface area contributed by atoms with Gasteiger partial charge in [-0.2, -0.15) is 0 Å². The van der Waals surface area contributed by atoms with Crippen LogP contribution < -0.4 is 5.32 Å². The monoisotopic (exact) mass is 152 g/mol. The molecule has 0 saturated carbocycles. The molecule has 1 aromatic rings. The molecular formula is C7H8N2O2. The number of carbonyl (C=O) groups is 1. The molecule has 2 heterocycles. The Morgan fingerprint density at radius 2 is 2.55 bits per heavy atom. The Hall–Kier alpha value is -1.29. The predicted molar refractivity (Wildman–Crippen MR) is 38.0 cm³/mol. The number of amides is 1. The van der Waals surface area contributed by atoms with Crippen molar-refractivity contribution in [2.24, 2.45) is 0 Å². The lowest BCUT2D eigenvalue weighted by Crippen LogP contribution is -2.38. The fourth-order valence-electron chi connectivity index (χ4n) is 1.22. The van der Waals surface area contributed by atoms with Gasteiger partial charge in [-0.15, -0.1) is 0 Å². The van der Waals surface area contributed by atoms with Gasteiger partial charge in [0.1, 0.15) is 11.9 Å². The average Bonchev–Trinajstić information content (AvgIpc) is 2.45. The second kappa shape index (κ2) is 2.10. The van der Waals surface area contributed by atoms with Crippen molar-refractivity contribution in [3.05, 3.63) is 24.0 Å². The summed E-state index contributed by atoms with van der Waals surface area (Å²) >= 11 is 0. The summed E-state index contributed by atoms with van der Waals surface area (Å²) in [7, 11) is 0. The lowest BCUT2D eigenvalue weighted by atomic mass is 10.3. The molecule has 0 radical (unpaired) electrons. The van der Waals surface area contributed by atoms with Gasteiger partial charge < -0.3 is 15.0 Å². The molecule has 4 nitrogen and oxygen atoms in total. The predicted octanol–water partition coefficient (Wildman–Crippen LogP) is -0.278. The van der Waals surface area contributed by atoms with Crippen LogP contribution in [0.3, 0.4) is 0 Å². The molecule has 0 spiro atoms. The summed E-state index contributed by atoms with van der Waals surface area (Å²) in [5.74, 6) is -0.125. The van der Waals surface area contributed by atoms with Crippen molar-refractivity contribution in [2.45, 2.75) is 6.23 Å². The molecule has 1 aliphatic heterocycles. The Morgan fingerprint density at radius 1 is 1.73 bits per heavy atom. The number of carbonyl (C=O) groups excluding carboxylic acids is 1. The third-order valence-electron chi connectivity index (χ3n) is 1.78. The standard InChI is InChI=1S/C7H8N2O2/c10-6-4-8-7(11)5-2-1-3-9(5)6/h1-3,6,10H,4H2,(H,8,11). The first-order valence-electron chi connectivity index (χ1n) is 3.42. The van der Waals surface area contributed by atoms with Crippen LogP contribution in [0.1, 0.15) is 16.7 Å². The normalized spacial score (nSPS) is 22.6. The molecule has 1 unspecified atom stereocenters. The highest BCUT2D eigenvalue weighted by Crippen LogP contribution is 2.12. The largest absolute Gasteiger partial charge is 0.371 e. The molecule has 0 bridgehead atoms. The summed E-state index contributed by atoms with van der Waals surface area (Å²) in [6.07, 6.45) is 1.08. The molecule has 58 valence electrons. The molecule has 11 heavy (non-hydrogen) atoms. The van der Waals surface area contributed by atoms with Crippen molar-refractivity contribution >= 4 is 5.91 Å². The van der Waals surface area contributed by atoms with Crippen LogP contribution in [0, 0.1) is 0 Å². The Bertz CT molecular complexity index is 292. The number of hydrogen-bond acceptors (Lipinski definition) is 2. The molecule has 0 aliphatic carbocycles. The van der Waals surface area contributed by atoms with Gasteiger partial charge >= 0.3 is 0 Å². The van der Waals surface area contributed by atoms with Crippen LogP contribution in [0.15, 0.2) is 18.3 Å². The molecule has 1 aromatic heterocycles. The Labute approximate surface area is 63.4 Å². The third-order valence-corrected chi connectivity index (χ3v) is 1.78. The van der Waals surface area contributed by atoms with Crippen molar-refractivity contribution in [1.29, 1.82) is 0 Å². The highest BCUT2D eigenvalue weighted by atomic mass is 16.3.